The summed E-state index contributed by atoms with van der Waals surface area (Å²) in [6, 6.07) is 0. The van der Waals surface area contributed by atoms with Crippen LogP contribution in [-0.2, 0) is 0 Å². The molecule has 0 aromatic carbocycles. The van der Waals surface area contributed by atoms with Crippen molar-refractivity contribution in [2.24, 2.45) is 5.73 Å². The van der Waals surface area contributed by atoms with E-state index in [0.29, 0.717) is 5.69 Å². The first kappa shape index (κ1) is 7.24. The van der Waals surface area contributed by atoms with Gasteiger partial charge < -0.3 is 15.8 Å². The van der Waals surface area contributed by atoms with Crippen LogP contribution in [0.15, 0.2) is 6.33 Å². The molecule has 1 aromatic rings. The zero-order chi connectivity index (χ0) is 7.56. The van der Waals surface area contributed by atoms with Crippen molar-refractivity contribution in [2.75, 3.05) is 6.54 Å². The van der Waals surface area contributed by atoms with Crippen LogP contribution in [0.1, 0.15) is 17.5 Å². The number of aliphatic hydroxyl groups is 1. The second-order valence-electron chi connectivity index (χ2n) is 2.16. The maximum absolute atomic E-state index is 9.19. The Labute approximate surface area is 59.1 Å². The average molecular weight is 141 g/mol. The number of aromatic amines is 1. The maximum atomic E-state index is 9.19. The largest absolute Gasteiger partial charge is 0.385 e. The van der Waals surface area contributed by atoms with E-state index in [1.807, 2.05) is 6.92 Å². The predicted octanol–water partition coefficient (Wildman–Crippen LogP) is -0.290. The number of nitrogens with zero attached hydrogens (tertiary/aromatic N) is 1. The van der Waals surface area contributed by atoms with E-state index in [0.717, 1.165) is 5.69 Å². The third-order valence-electron chi connectivity index (χ3n) is 1.41. The van der Waals surface area contributed by atoms with Gasteiger partial charge in [-0.2, -0.15) is 0 Å². The normalized spacial score (nSPS) is 13.5. The summed E-state index contributed by atoms with van der Waals surface area (Å²) >= 11 is 0. The van der Waals surface area contributed by atoms with Gasteiger partial charge in [0.15, 0.2) is 0 Å². The summed E-state index contributed by atoms with van der Waals surface area (Å²) in [7, 11) is 0. The van der Waals surface area contributed by atoms with Crippen molar-refractivity contribution in [3.63, 3.8) is 0 Å². The van der Waals surface area contributed by atoms with Crippen LogP contribution in [0, 0.1) is 6.92 Å². The second-order valence-corrected chi connectivity index (χ2v) is 2.16. The first-order chi connectivity index (χ1) is 4.75. The van der Waals surface area contributed by atoms with Crippen molar-refractivity contribution in [3.05, 3.63) is 17.7 Å². The number of nitrogens with one attached hydrogen (secondary N) is 1. The summed E-state index contributed by atoms with van der Waals surface area (Å²) in [5.74, 6) is 0. The van der Waals surface area contributed by atoms with Gasteiger partial charge in [0.05, 0.1) is 12.0 Å². The van der Waals surface area contributed by atoms with Crippen LogP contribution in [0.25, 0.3) is 0 Å². The Balaban J connectivity index is 2.82. The van der Waals surface area contributed by atoms with Crippen LogP contribution >= 0.6 is 0 Å². The third kappa shape index (κ3) is 1.17. The first-order valence-corrected chi connectivity index (χ1v) is 3.13. The van der Waals surface area contributed by atoms with Gasteiger partial charge in [0.25, 0.3) is 0 Å². The number of hydrogen-bond acceptors (Lipinski definition) is 3. The molecule has 0 bridgehead atoms. The molecule has 1 aromatic heterocycles. The highest BCUT2D eigenvalue weighted by molar-refractivity contribution is 5.11. The first-order valence-electron chi connectivity index (χ1n) is 3.13. The molecule has 0 spiro atoms. The van der Waals surface area contributed by atoms with E-state index < -0.39 is 6.10 Å². The number of H-pyrrole nitrogens is 1. The molecule has 4 N–H and O–H groups in total. The number of rotatable bonds is 2. The lowest BCUT2D eigenvalue weighted by Crippen LogP contribution is -2.12. The number of aromatic nitrogens is 2. The van der Waals surface area contributed by atoms with Crippen molar-refractivity contribution in [3.8, 4) is 0 Å². The highest BCUT2D eigenvalue weighted by atomic mass is 16.3. The van der Waals surface area contributed by atoms with Gasteiger partial charge >= 0.3 is 0 Å². The van der Waals surface area contributed by atoms with Gasteiger partial charge in [0.2, 0.25) is 0 Å². The third-order valence-corrected chi connectivity index (χ3v) is 1.41. The van der Waals surface area contributed by atoms with Crippen LogP contribution in [-0.4, -0.2) is 21.6 Å². The van der Waals surface area contributed by atoms with Gasteiger partial charge in [0.1, 0.15) is 6.10 Å². The second kappa shape index (κ2) is 2.81. The van der Waals surface area contributed by atoms with Gasteiger partial charge in [-0.15, -0.1) is 0 Å². The molecular formula is C6H11N3O. The number of aliphatic hydroxyl groups excluding tert-OH is 1. The zero-order valence-electron chi connectivity index (χ0n) is 5.83. The molecule has 4 nitrogen and oxygen atoms in total. The molecule has 10 heavy (non-hydrogen) atoms. The van der Waals surface area contributed by atoms with E-state index in [1.54, 1.807) is 6.33 Å². The van der Waals surface area contributed by atoms with E-state index in [-0.39, 0.29) is 6.54 Å². The van der Waals surface area contributed by atoms with Crippen LogP contribution in [0.2, 0.25) is 0 Å². The number of imidazole rings is 1. The monoisotopic (exact) mass is 141 g/mol. The van der Waals surface area contributed by atoms with Crippen LogP contribution in [0.3, 0.4) is 0 Å². The summed E-state index contributed by atoms with van der Waals surface area (Å²) in [6.07, 6.45) is 0.912. The van der Waals surface area contributed by atoms with Crippen LogP contribution < -0.4 is 5.73 Å². The molecule has 0 amide bonds. The molecule has 1 heterocycles. The van der Waals surface area contributed by atoms with Gasteiger partial charge in [-0.1, -0.05) is 0 Å². The lowest BCUT2D eigenvalue weighted by atomic mass is 10.2. The quantitative estimate of drug-likeness (QED) is 0.529. The van der Waals surface area contributed by atoms with Crippen LogP contribution in [0.5, 0.6) is 0 Å². The lowest BCUT2D eigenvalue weighted by Gasteiger charge is -2.03. The average Bonchev–Trinajstić information content (AvgIpc) is 2.34. The fourth-order valence-electron chi connectivity index (χ4n) is 0.817. The minimum Gasteiger partial charge on any atom is -0.385 e. The van der Waals surface area contributed by atoms with E-state index in [4.69, 9.17) is 5.73 Å². The van der Waals surface area contributed by atoms with Crippen molar-refractivity contribution in [2.45, 2.75) is 13.0 Å². The molecule has 1 rings (SSSR count). The fraction of sp³-hybridized carbons (Fsp3) is 0.500. The Morgan fingerprint density at radius 2 is 2.60 bits per heavy atom. The topological polar surface area (TPSA) is 74.9 Å². The summed E-state index contributed by atoms with van der Waals surface area (Å²) in [5.41, 5.74) is 6.74. The molecule has 0 saturated carbocycles. The van der Waals surface area contributed by atoms with Crippen molar-refractivity contribution >= 4 is 0 Å². The molecule has 0 saturated heterocycles. The Hall–Kier alpha value is -0.870. The number of aryl methyl sites for hydroxylation is 1. The van der Waals surface area contributed by atoms with Crippen molar-refractivity contribution in [1.82, 2.24) is 9.97 Å². The standard InChI is InChI=1S/C6H11N3O/c1-4-6(5(10)2-7)9-3-8-4/h3,5,10H,2,7H2,1H3,(H,8,9)/t5-/m1/s1. The molecule has 56 valence electrons. The molecule has 0 aliphatic heterocycles. The predicted molar refractivity (Wildman–Crippen MR) is 37.3 cm³/mol. The molecule has 0 unspecified atom stereocenters. The van der Waals surface area contributed by atoms with Gasteiger partial charge in [-0.25, -0.2) is 4.98 Å². The fourth-order valence-corrected chi connectivity index (χ4v) is 0.817. The van der Waals surface area contributed by atoms with Gasteiger partial charge in [0, 0.05) is 12.2 Å². The molecule has 4 heteroatoms. The highest BCUT2D eigenvalue weighted by Gasteiger charge is 2.09. The van der Waals surface area contributed by atoms with E-state index in [1.165, 1.54) is 0 Å². The number of nitrogens with two attached hydrogens (primary N) is 1. The number of hydrogen-bond donors (Lipinski definition) is 3. The van der Waals surface area contributed by atoms with Gasteiger partial charge in [-0.3, -0.25) is 0 Å². The molecule has 0 radical (unpaired) electrons. The highest BCUT2D eigenvalue weighted by Crippen LogP contribution is 2.10. The molecular weight excluding hydrogens is 130 g/mol. The lowest BCUT2D eigenvalue weighted by molar-refractivity contribution is 0.181. The van der Waals surface area contributed by atoms with Crippen LogP contribution in [0.4, 0.5) is 0 Å². The van der Waals surface area contributed by atoms with Crippen molar-refractivity contribution < 1.29 is 5.11 Å². The molecule has 0 aliphatic rings. The maximum Gasteiger partial charge on any atom is 0.110 e. The summed E-state index contributed by atoms with van der Waals surface area (Å²) in [5, 5.41) is 9.19. The summed E-state index contributed by atoms with van der Waals surface area (Å²) in [4.78, 5) is 6.76. The zero-order valence-corrected chi connectivity index (χ0v) is 5.83. The Bertz CT molecular complexity index is 209. The minimum absolute atomic E-state index is 0.214. The minimum atomic E-state index is -0.633. The smallest absolute Gasteiger partial charge is 0.110 e. The Morgan fingerprint density at radius 3 is 3.00 bits per heavy atom. The van der Waals surface area contributed by atoms with E-state index in [2.05, 4.69) is 9.97 Å². The van der Waals surface area contributed by atoms with Crippen molar-refractivity contribution in [1.29, 1.82) is 0 Å². The molecule has 0 fully saturated rings. The molecule has 1 atom stereocenters. The summed E-state index contributed by atoms with van der Waals surface area (Å²) in [6.45, 7) is 2.06. The Kier molecular flexibility index (Phi) is 2.03. The molecule has 0 aliphatic carbocycles. The van der Waals surface area contributed by atoms with E-state index >= 15 is 0 Å². The summed E-state index contributed by atoms with van der Waals surface area (Å²) < 4.78 is 0. The van der Waals surface area contributed by atoms with E-state index in [9.17, 15) is 5.11 Å². The van der Waals surface area contributed by atoms with Gasteiger partial charge in [-0.05, 0) is 6.92 Å². The SMILES string of the molecule is Cc1[nH]cnc1[C@H](O)CN. The Morgan fingerprint density at radius 1 is 1.90 bits per heavy atom.